The van der Waals surface area contributed by atoms with Crippen LogP contribution in [0.25, 0.3) is 11.8 Å². The highest BCUT2D eigenvalue weighted by Crippen LogP contribution is 2.35. The van der Waals surface area contributed by atoms with Gasteiger partial charge in [0.2, 0.25) is 0 Å². The lowest BCUT2D eigenvalue weighted by molar-refractivity contribution is -0.122. The molecule has 2 aromatic rings. The first-order valence-corrected chi connectivity index (χ1v) is 12.6. The zero-order valence-corrected chi connectivity index (χ0v) is 21.1. The third-order valence-electron chi connectivity index (χ3n) is 5.91. The normalized spacial score (nSPS) is 18.3. The molecule has 2 fully saturated rings. The van der Waals surface area contributed by atoms with E-state index >= 15 is 0 Å². The van der Waals surface area contributed by atoms with Crippen molar-refractivity contribution in [3.63, 3.8) is 0 Å². The number of hydrogen-bond acceptors (Lipinski definition) is 5. The van der Waals surface area contributed by atoms with E-state index in [1.807, 2.05) is 13.0 Å². The van der Waals surface area contributed by atoms with Gasteiger partial charge in [-0.2, -0.15) is 0 Å². The molecule has 0 radical (unpaired) electrons. The number of imide groups is 1. The van der Waals surface area contributed by atoms with E-state index in [4.69, 9.17) is 4.74 Å². The largest absolute Gasteiger partial charge is 0.378 e. The summed E-state index contributed by atoms with van der Waals surface area (Å²) in [4.78, 5) is 29.2. The number of unbranched alkanes of at least 4 members (excludes halogenated alkanes) is 1. The second-order valence-electron chi connectivity index (χ2n) is 8.08. The summed E-state index contributed by atoms with van der Waals surface area (Å²) in [5, 5.41) is -0.175. The molecule has 1 aromatic carbocycles. The number of benzene rings is 1. The fourth-order valence-electron chi connectivity index (χ4n) is 4.18. The van der Waals surface area contributed by atoms with Crippen LogP contribution < -0.4 is 4.90 Å². The van der Waals surface area contributed by atoms with Gasteiger partial charge < -0.3 is 14.2 Å². The summed E-state index contributed by atoms with van der Waals surface area (Å²) >= 11 is 4.78. The number of thioether (sulfide) groups is 1. The van der Waals surface area contributed by atoms with Crippen LogP contribution in [-0.4, -0.2) is 53.5 Å². The van der Waals surface area contributed by atoms with Crippen LogP contribution in [0, 0.1) is 13.8 Å². The standard InChI is InChI=1S/C24H28BrN3O3S/c1-4-5-8-27-23(29)22(32-24(27)30)14-18-13-16(2)28(17(18)3)19-6-7-21(20(25)15-19)26-9-11-31-12-10-26/h6-7,13-15H,4-5,8-12H2,1-3H3/b22-14-. The van der Waals surface area contributed by atoms with Gasteiger partial charge in [-0.05, 0) is 83.9 Å². The molecule has 8 heteroatoms. The first-order chi connectivity index (χ1) is 15.4. The Morgan fingerprint density at radius 3 is 2.59 bits per heavy atom. The molecule has 2 aliphatic heterocycles. The Morgan fingerprint density at radius 1 is 1.16 bits per heavy atom. The van der Waals surface area contributed by atoms with Gasteiger partial charge in [0.1, 0.15) is 0 Å². The maximum absolute atomic E-state index is 12.7. The van der Waals surface area contributed by atoms with Crippen LogP contribution in [0.1, 0.15) is 36.7 Å². The summed E-state index contributed by atoms with van der Waals surface area (Å²) < 4.78 is 8.69. The van der Waals surface area contributed by atoms with E-state index < -0.39 is 0 Å². The first-order valence-electron chi connectivity index (χ1n) is 11.0. The molecule has 6 nitrogen and oxygen atoms in total. The van der Waals surface area contributed by atoms with Gasteiger partial charge in [0.25, 0.3) is 11.1 Å². The predicted octanol–water partition coefficient (Wildman–Crippen LogP) is 5.53. The zero-order chi connectivity index (χ0) is 22.8. The van der Waals surface area contributed by atoms with Gasteiger partial charge >= 0.3 is 0 Å². The SMILES string of the molecule is CCCCN1C(=O)S/C(=C\c2cc(C)n(-c3ccc(N4CCOCC4)c(Br)c3)c2C)C1=O. The molecule has 2 saturated heterocycles. The van der Waals surface area contributed by atoms with Crippen LogP contribution in [0.3, 0.4) is 0 Å². The van der Waals surface area contributed by atoms with E-state index in [-0.39, 0.29) is 11.1 Å². The molecule has 170 valence electrons. The van der Waals surface area contributed by atoms with Gasteiger partial charge in [-0.25, -0.2) is 0 Å². The van der Waals surface area contributed by atoms with Gasteiger partial charge in [0.05, 0.1) is 23.8 Å². The van der Waals surface area contributed by atoms with Crippen LogP contribution in [0.15, 0.2) is 33.6 Å². The van der Waals surface area contributed by atoms with Crippen molar-refractivity contribution >= 4 is 50.6 Å². The number of hydrogen-bond donors (Lipinski definition) is 0. The Labute approximate surface area is 201 Å². The van der Waals surface area contributed by atoms with Crippen molar-refractivity contribution < 1.29 is 14.3 Å². The molecule has 4 rings (SSSR count). The van der Waals surface area contributed by atoms with Crippen LogP contribution >= 0.6 is 27.7 Å². The van der Waals surface area contributed by atoms with E-state index in [1.165, 1.54) is 10.6 Å². The van der Waals surface area contributed by atoms with Crippen LogP contribution in [-0.2, 0) is 9.53 Å². The zero-order valence-electron chi connectivity index (χ0n) is 18.7. The number of anilines is 1. The van der Waals surface area contributed by atoms with Crippen LogP contribution in [0.5, 0.6) is 0 Å². The minimum atomic E-state index is -0.184. The van der Waals surface area contributed by atoms with E-state index in [0.29, 0.717) is 11.4 Å². The summed E-state index contributed by atoms with van der Waals surface area (Å²) in [6, 6.07) is 8.46. The van der Waals surface area contributed by atoms with Gasteiger partial charge in [-0.1, -0.05) is 13.3 Å². The second-order valence-corrected chi connectivity index (χ2v) is 9.93. The lowest BCUT2D eigenvalue weighted by atomic mass is 10.2. The van der Waals surface area contributed by atoms with E-state index in [0.717, 1.165) is 78.0 Å². The molecule has 2 amide bonds. The number of ether oxygens (including phenoxy) is 1. The van der Waals surface area contributed by atoms with Crippen molar-refractivity contribution in [1.29, 1.82) is 0 Å². The van der Waals surface area contributed by atoms with Gasteiger partial charge in [-0.3, -0.25) is 14.5 Å². The highest BCUT2D eigenvalue weighted by atomic mass is 79.9. The smallest absolute Gasteiger partial charge is 0.293 e. The highest BCUT2D eigenvalue weighted by Gasteiger charge is 2.34. The van der Waals surface area contributed by atoms with Crippen molar-refractivity contribution in [2.75, 3.05) is 37.7 Å². The number of aryl methyl sites for hydroxylation is 1. The summed E-state index contributed by atoms with van der Waals surface area (Å²) in [7, 11) is 0. The Hall–Kier alpha value is -2.03. The fourth-order valence-corrected chi connectivity index (χ4v) is 5.65. The summed E-state index contributed by atoms with van der Waals surface area (Å²) in [5.41, 5.74) is 5.29. The van der Waals surface area contributed by atoms with Crippen LogP contribution in [0.4, 0.5) is 10.5 Å². The molecule has 3 heterocycles. The molecule has 0 spiro atoms. The third kappa shape index (κ3) is 4.54. The Kier molecular flexibility index (Phi) is 7.12. The minimum absolute atomic E-state index is 0.175. The lowest BCUT2D eigenvalue weighted by Crippen LogP contribution is -2.36. The number of carbonyl (C=O) groups is 2. The second kappa shape index (κ2) is 9.85. The van der Waals surface area contributed by atoms with Crippen molar-refractivity contribution in [3.8, 4) is 5.69 Å². The number of rotatable bonds is 6. The number of carbonyl (C=O) groups excluding carboxylic acids is 2. The fraction of sp³-hybridized carbons (Fsp3) is 0.417. The summed E-state index contributed by atoms with van der Waals surface area (Å²) in [6.45, 7) is 9.91. The molecule has 0 atom stereocenters. The maximum Gasteiger partial charge on any atom is 0.293 e. The Bertz CT molecular complexity index is 1070. The number of nitrogens with zero attached hydrogens (tertiary/aromatic N) is 3. The van der Waals surface area contributed by atoms with Gasteiger partial charge in [0, 0.05) is 41.2 Å². The third-order valence-corrected chi connectivity index (χ3v) is 7.45. The first kappa shape index (κ1) is 23.1. The Balaban J connectivity index is 1.61. The molecule has 2 aliphatic rings. The quantitative estimate of drug-likeness (QED) is 0.471. The number of halogens is 1. The molecular formula is C24H28BrN3O3S. The minimum Gasteiger partial charge on any atom is -0.378 e. The highest BCUT2D eigenvalue weighted by molar-refractivity contribution is 9.10. The molecule has 0 saturated carbocycles. The molecule has 0 bridgehead atoms. The number of amides is 2. The summed E-state index contributed by atoms with van der Waals surface area (Å²) in [6.07, 6.45) is 3.63. The van der Waals surface area contributed by atoms with Crippen molar-refractivity contribution in [1.82, 2.24) is 9.47 Å². The van der Waals surface area contributed by atoms with E-state index in [9.17, 15) is 9.59 Å². The number of aromatic nitrogens is 1. The molecule has 0 N–H and O–H groups in total. The van der Waals surface area contributed by atoms with Gasteiger partial charge in [-0.15, -0.1) is 0 Å². The average molecular weight is 518 g/mol. The maximum atomic E-state index is 12.7. The van der Waals surface area contributed by atoms with E-state index in [2.05, 4.69) is 63.5 Å². The Morgan fingerprint density at radius 2 is 1.91 bits per heavy atom. The predicted molar refractivity (Wildman–Crippen MR) is 134 cm³/mol. The molecule has 0 unspecified atom stereocenters. The lowest BCUT2D eigenvalue weighted by Gasteiger charge is -2.30. The monoisotopic (exact) mass is 517 g/mol. The van der Waals surface area contributed by atoms with E-state index in [1.54, 1.807) is 0 Å². The molecule has 1 aromatic heterocycles. The summed E-state index contributed by atoms with van der Waals surface area (Å²) in [5.74, 6) is -0.184. The van der Waals surface area contributed by atoms with Crippen molar-refractivity contribution in [3.05, 3.63) is 50.6 Å². The number of morpholine rings is 1. The average Bonchev–Trinajstić information content (AvgIpc) is 3.21. The topological polar surface area (TPSA) is 54.8 Å². The molecular weight excluding hydrogens is 490 g/mol. The van der Waals surface area contributed by atoms with Crippen molar-refractivity contribution in [2.45, 2.75) is 33.6 Å². The van der Waals surface area contributed by atoms with Crippen LogP contribution in [0.2, 0.25) is 0 Å². The van der Waals surface area contributed by atoms with Crippen molar-refractivity contribution in [2.24, 2.45) is 0 Å². The molecule has 32 heavy (non-hydrogen) atoms. The van der Waals surface area contributed by atoms with Gasteiger partial charge in [0.15, 0.2) is 0 Å². The molecule has 0 aliphatic carbocycles.